The normalized spacial score (nSPS) is 12.9. The van der Waals surface area contributed by atoms with Crippen molar-refractivity contribution < 1.29 is 12.3 Å². The van der Waals surface area contributed by atoms with E-state index in [0.29, 0.717) is 5.54 Å². The molecule has 0 aromatic heterocycles. The Balaban J connectivity index is 4.13. The van der Waals surface area contributed by atoms with Crippen LogP contribution < -0.4 is 0 Å². The van der Waals surface area contributed by atoms with Gasteiger partial charge in [-0.1, -0.05) is 11.6 Å². The minimum Gasteiger partial charge on any atom is -0.190 e. The van der Waals surface area contributed by atoms with Gasteiger partial charge in [0.25, 0.3) is 0 Å². The van der Waals surface area contributed by atoms with Gasteiger partial charge in [0.2, 0.25) is 0 Å². The summed E-state index contributed by atoms with van der Waals surface area (Å²) < 4.78 is 30.0. The van der Waals surface area contributed by atoms with Gasteiger partial charge in [-0.2, -0.15) is 8.42 Å². The van der Waals surface area contributed by atoms with Gasteiger partial charge in [-0.05, 0) is 0 Å². The molecule has 0 aliphatic rings. The SMILES string of the molecule is O=S(=O)(F)C=CCl. The summed E-state index contributed by atoms with van der Waals surface area (Å²) in [6.45, 7) is 0. The maximum atomic E-state index is 11.2. The molecule has 0 aromatic carbocycles. The Morgan fingerprint density at radius 2 is 2.00 bits per heavy atom. The molecule has 0 fully saturated rings. The van der Waals surface area contributed by atoms with Crippen LogP contribution >= 0.6 is 11.6 Å². The van der Waals surface area contributed by atoms with Gasteiger partial charge >= 0.3 is 10.2 Å². The third kappa shape index (κ3) is 5.91. The van der Waals surface area contributed by atoms with Crippen molar-refractivity contribution in [3.63, 3.8) is 0 Å². The second kappa shape index (κ2) is 2.28. The monoisotopic (exact) mass is 144 g/mol. The summed E-state index contributed by atoms with van der Waals surface area (Å²) in [5.41, 5.74) is 0.593. The van der Waals surface area contributed by atoms with E-state index >= 15 is 0 Å². The lowest BCUT2D eigenvalue weighted by molar-refractivity contribution is 0.563. The van der Waals surface area contributed by atoms with Gasteiger partial charge in [-0.15, -0.1) is 3.89 Å². The van der Waals surface area contributed by atoms with Crippen molar-refractivity contribution in [3.05, 3.63) is 10.9 Å². The van der Waals surface area contributed by atoms with Crippen molar-refractivity contribution in [1.29, 1.82) is 0 Å². The van der Waals surface area contributed by atoms with E-state index in [2.05, 4.69) is 11.6 Å². The van der Waals surface area contributed by atoms with Crippen molar-refractivity contribution in [2.75, 3.05) is 0 Å². The number of halogens is 2. The highest BCUT2D eigenvalue weighted by molar-refractivity contribution is 7.89. The van der Waals surface area contributed by atoms with Gasteiger partial charge in [0.1, 0.15) is 0 Å². The fourth-order valence-electron chi connectivity index (χ4n) is 0.0614. The van der Waals surface area contributed by atoms with Crippen LogP contribution in [0.4, 0.5) is 3.89 Å². The molecule has 0 heterocycles. The minimum absolute atomic E-state index is 0.258. The van der Waals surface area contributed by atoms with Gasteiger partial charge < -0.3 is 0 Å². The van der Waals surface area contributed by atoms with E-state index in [-0.39, 0.29) is 5.41 Å². The zero-order chi connectivity index (χ0) is 5.91. The molecule has 2 nitrogen and oxygen atoms in total. The zero-order valence-corrected chi connectivity index (χ0v) is 4.71. The molecule has 0 aromatic rings. The van der Waals surface area contributed by atoms with Crippen LogP contribution in [0.15, 0.2) is 10.9 Å². The first-order valence-electron chi connectivity index (χ1n) is 1.27. The van der Waals surface area contributed by atoms with Crippen LogP contribution in [-0.2, 0) is 10.2 Å². The average molecular weight is 145 g/mol. The van der Waals surface area contributed by atoms with E-state index in [1.807, 2.05) is 0 Å². The molecule has 0 aliphatic heterocycles. The zero-order valence-electron chi connectivity index (χ0n) is 3.14. The highest BCUT2D eigenvalue weighted by Crippen LogP contribution is 1.92. The van der Waals surface area contributed by atoms with E-state index in [4.69, 9.17) is 0 Å². The summed E-state index contributed by atoms with van der Waals surface area (Å²) in [5, 5.41) is 0.258. The smallest absolute Gasteiger partial charge is 0.190 e. The molecule has 7 heavy (non-hydrogen) atoms. The lowest BCUT2D eigenvalue weighted by Crippen LogP contribution is -1.77. The Hall–Kier alpha value is -0.0900. The van der Waals surface area contributed by atoms with Crippen molar-refractivity contribution >= 4 is 21.8 Å². The van der Waals surface area contributed by atoms with E-state index in [9.17, 15) is 12.3 Å². The minimum atomic E-state index is -4.49. The molecule has 0 rings (SSSR count). The van der Waals surface area contributed by atoms with Crippen LogP contribution in [0.1, 0.15) is 0 Å². The van der Waals surface area contributed by atoms with E-state index in [0.717, 1.165) is 0 Å². The maximum absolute atomic E-state index is 11.2. The Bertz CT molecular complexity index is 159. The molecule has 0 saturated carbocycles. The first-order valence-corrected chi connectivity index (χ1v) is 3.16. The summed E-state index contributed by atoms with van der Waals surface area (Å²) >= 11 is 4.69. The van der Waals surface area contributed by atoms with Crippen LogP contribution in [0, 0.1) is 0 Å². The predicted molar refractivity (Wildman–Crippen MR) is 25.0 cm³/mol. The second-order valence-corrected chi connectivity index (χ2v) is 2.21. The summed E-state index contributed by atoms with van der Waals surface area (Å²) in [7, 11) is -4.49. The fourth-order valence-corrected chi connectivity index (χ4v) is 0.553. The molecule has 42 valence electrons. The number of hydrogen-bond acceptors (Lipinski definition) is 2. The average Bonchev–Trinajstić information content (AvgIpc) is 1.30. The fraction of sp³-hybridized carbons (Fsp3) is 0. The lowest BCUT2D eigenvalue weighted by atomic mass is 11.3. The molecule has 0 radical (unpaired) electrons. The first kappa shape index (κ1) is 6.91. The summed E-state index contributed by atoms with van der Waals surface area (Å²) in [5.74, 6) is 0. The van der Waals surface area contributed by atoms with Crippen LogP contribution in [0.2, 0.25) is 0 Å². The third-order valence-corrected chi connectivity index (χ3v) is 0.951. The second-order valence-electron chi connectivity index (χ2n) is 0.738. The maximum Gasteiger partial charge on any atom is 0.326 e. The molecule has 0 bridgehead atoms. The number of hydrogen-bond donors (Lipinski definition) is 0. The molecule has 0 amide bonds. The van der Waals surface area contributed by atoms with Crippen molar-refractivity contribution in [2.24, 2.45) is 0 Å². The molecule has 0 atom stereocenters. The number of rotatable bonds is 1. The van der Waals surface area contributed by atoms with Crippen LogP contribution in [-0.4, -0.2) is 8.42 Å². The Morgan fingerprint density at radius 3 is 2.00 bits per heavy atom. The van der Waals surface area contributed by atoms with Crippen LogP contribution in [0.5, 0.6) is 0 Å². The molecule has 0 aliphatic carbocycles. The molecule has 0 saturated heterocycles. The molecular formula is C2H2ClFO2S. The van der Waals surface area contributed by atoms with Crippen molar-refractivity contribution in [3.8, 4) is 0 Å². The molecule has 0 spiro atoms. The van der Waals surface area contributed by atoms with Gasteiger partial charge in [0.05, 0.1) is 5.41 Å². The largest absolute Gasteiger partial charge is 0.326 e. The summed E-state index contributed by atoms with van der Waals surface area (Å²) in [4.78, 5) is 0. The standard InChI is InChI=1S/C2H2ClFO2S/c3-1-2-7(4,5)6/h1-2H. The van der Waals surface area contributed by atoms with E-state index in [1.165, 1.54) is 0 Å². The van der Waals surface area contributed by atoms with Crippen LogP contribution in [0.3, 0.4) is 0 Å². The van der Waals surface area contributed by atoms with Crippen molar-refractivity contribution in [2.45, 2.75) is 0 Å². The van der Waals surface area contributed by atoms with Gasteiger partial charge in [-0.25, -0.2) is 0 Å². The predicted octanol–water partition coefficient (Wildman–Crippen LogP) is 0.996. The topological polar surface area (TPSA) is 34.1 Å². The Labute approximate surface area is 45.8 Å². The van der Waals surface area contributed by atoms with Crippen LogP contribution in [0.25, 0.3) is 0 Å². The quantitative estimate of drug-likeness (QED) is 0.515. The first-order chi connectivity index (χ1) is 3.06. The Morgan fingerprint density at radius 1 is 1.57 bits per heavy atom. The third-order valence-electron chi connectivity index (χ3n) is 0.214. The highest BCUT2D eigenvalue weighted by Gasteiger charge is 1.94. The van der Waals surface area contributed by atoms with E-state index < -0.39 is 10.2 Å². The molecule has 0 unspecified atom stereocenters. The molecule has 5 heteroatoms. The molecule has 0 N–H and O–H groups in total. The summed E-state index contributed by atoms with van der Waals surface area (Å²) in [6.07, 6.45) is 0. The molecular weight excluding hydrogens is 143 g/mol. The van der Waals surface area contributed by atoms with Gasteiger partial charge in [0.15, 0.2) is 0 Å². The van der Waals surface area contributed by atoms with Gasteiger partial charge in [-0.3, -0.25) is 0 Å². The van der Waals surface area contributed by atoms with Crippen molar-refractivity contribution in [1.82, 2.24) is 0 Å². The van der Waals surface area contributed by atoms with E-state index in [1.54, 1.807) is 0 Å². The van der Waals surface area contributed by atoms with Gasteiger partial charge in [0, 0.05) is 5.54 Å². The highest BCUT2D eigenvalue weighted by atomic mass is 35.5. The summed E-state index contributed by atoms with van der Waals surface area (Å²) in [6, 6.07) is 0. The Kier molecular flexibility index (Phi) is 2.25. The lowest BCUT2D eigenvalue weighted by Gasteiger charge is -1.71.